The van der Waals surface area contributed by atoms with Gasteiger partial charge in [-0.3, -0.25) is 4.79 Å². The maximum Gasteiger partial charge on any atom is 0.222 e. The molecule has 0 saturated carbocycles. The number of amides is 1. The predicted molar refractivity (Wildman–Crippen MR) is 79.8 cm³/mol. The topological polar surface area (TPSA) is 46.3 Å². The molecule has 0 bridgehead atoms. The van der Waals surface area contributed by atoms with Crippen molar-refractivity contribution in [2.75, 3.05) is 25.4 Å². The highest BCUT2D eigenvalue weighted by Crippen LogP contribution is 2.27. The average Bonchev–Trinajstić information content (AvgIpc) is 2.36. The average molecular weight is 272 g/mol. The Morgan fingerprint density at radius 1 is 1.44 bits per heavy atom. The van der Waals surface area contributed by atoms with Gasteiger partial charge in [-0.25, -0.2) is 0 Å². The van der Waals surface area contributed by atoms with Gasteiger partial charge < -0.3 is 10.6 Å². The van der Waals surface area contributed by atoms with Gasteiger partial charge in [-0.2, -0.15) is 11.8 Å². The number of hydrogen-bond donors (Lipinski definition) is 1. The summed E-state index contributed by atoms with van der Waals surface area (Å²) in [6.45, 7) is 9.19. The number of nitrogens with zero attached hydrogens (tertiary/aromatic N) is 1. The molecule has 1 atom stereocenters. The molecule has 1 unspecified atom stereocenters. The van der Waals surface area contributed by atoms with Gasteiger partial charge >= 0.3 is 0 Å². The van der Waals surface area contributed by atoms with Gasteiger partial charge in [0.2, 0.25) is 5.91 Å². The second-order valence-corrected chi connectivity index (χ2v) is 7.35. The molecule has 106 valence electrons. The molecule has 1 heterocycles. The van der Waals surface area contributed by atoms with E-state index in [1.807, 2.05) is 11.8 Å². The third-order valence-corrected chi connectivity index (χ3v) is 5.16. The molecule has 18 heavy (non-hydrogen) atoms. The van der Waals surface area contributed by atoms with Gasteiger partial charge in [0, 0.05) is 30.5 Å². The summed E-state index contributed by atoms with van der Waals surface area (Å²) in [7, 11) is 0. The van der Waals surface area contributed by atoms with Crippen LogP contribution in [0.15, 0.2) is 0 Å². The van der Waals surface area contributed by atoms with E-state index >= 15 is 0 Å². The van der Waals surface area contributed by atoms with Crippen LogP contribution in [0.25, 0.3) is 0 Å². The Balaban J connectivity index is 2.36. The lowest BCUT2D eigenvalue weighted by Gasteiger charge is -2.33. The zero-order chi connectivity index (χ0) is 13.6. The van der Waals surface area contributed by atoms with Crippen LogP contribution in [0.4, 0.5) is 0 Å². The van der Waals surface area contributed by atoms with Crippen molar-refractivity contribution in [2.45, 2.75) is 51.7 Å². The lowest BCUT2D eigenvalue weighted by Crippen LogP contribution is -2.42. The maximum absolute atomic E-state index is 12.2. The maximum atomic E-state index is 12.2. The van der Waals surface area contributed by atoms with E-state index in [2.05, 4.69) is 25.7 Å². The molecule has 3 nitrogen and oxygen atoms in total. The summed E-state index contributed by atoms with van der Waals surface area (Å²) in [6, 6.07) is 0. The van der Waals surface area contributed by atoms with Crippen molar-refractivity contribution in [1.29, 1.82) is 0 Å². The van der Waals surface area contributed by atoms with Gasteiger partial charge in [-0.05, 0) is 31.2 Å². The van der Waals surface area contributed by atoms with Crippen LogP contribution < -0.4 is 5.73 Å². The summed E-state index contributed by atoms with van der Waals surface area (Å²) in [6.07, 6.45) is 3.78. The summed E-state index contributed by atoms with van der Waals surface area (Å²) >= 11 is 2.01. The Labute approximate surface area is 116 Å². The zero-order valence-corrected chi connectivity index (χ0v) is 12.9. The Morgan fingerprint density at radius 2 is 2.17 bits per heavy atom. The Bertz CT molecular complexity index is 269. The number of thioether (sulfide) groups is 1. The molecular formula is C14H28N2OS. The van der Waals surface area contributed by atoms with Crippen LogP contribution in [0.3, 0.4) is 0 Å². The minimum absolute atomic E-state index is 0.194. The molecule has 0 aromatic rings. The van der Waals surface area contributed by atoms with Crippen molar-refractivity contribution in [3.05, 3.63) is 0 Å². The van der Waals surface area contributed by atoms with E-state index in [1.165, 1.54) is 0 Å². The number of carbonyl (C=O) groups is 1. The Kier molecular flexibility index (Phi) is 6.50. The van der Waals surface area contributed by atoms with Crippen molar-refractivity contribution in [3.8, 4) is 0 Å². The smallest absolute Gasteiger partial charge is 0.222 e. The van der Waals surface area contributed by atoms with Crippen LogP contribution in [0.2, 0.25) is 0 Å². The number of carbonyl (C=O) groups excluding carboxylic acids is 1. The van der Waals surface area contributed by atoms with E-state index in [-0.39, 0.29) is 5.41 Å². The van der Waals surface area contributed by atoms with Crippen LogP contribution >= 0.6 is 11.8 Å². The third-order valence-electron chi connectivity index (χ3n) is 3.78. The molecule has 4 heteroatoms. The first-order valence-corrected chi connectivity index (χ1v) is 8.13. The van der Waals surface area contributed by atoms with E-state index < -0.39 is 0 Å². The molecule has 1 amide bonds. The monoisotopic (exact) mass is 272 g/mol. The normalized spacial score (nSPS) is 21.1. The minimum Gasteiger partial charge on any atom is -0.341 e. The highest BCUT2D eigenvalue weighted by atomic mass is 32.2. The molecule has 1 aliphatic heterocycles. The van der Waals surface area contributed by atoms with Gasteiger partial charge in [0.25, 0.3) is 0 Å². The van der Waals surface area contributed by atoms with Crippen LogP contribution in [0.5, 0.6) is 0 Å². The first-order valence-electron chi connectivity index (χ1n) is 7.08. The number of rotatable bonds is 6. The fourth-order valence-electron chi connectivity index (χ4n) is 2.31. The van der Waals surface area contributed by atoms with Crippen molar-refractivity contribution in [2.24, 2.45) is 11.1 Å². The molecule has 2 N–H and O–H groups in total. The number of hydrogen-bond acceptors (Lipinski definition) is 3. The standard InChI is InChI=1S/C14H28N2OS/c1-4-12-11-16(9-10-18-12)13(17)5-6-14(2,3)7-8-15/h12H,4-11,15H2,1-3H3. The summed E-state index contributed by atoms with van der Waals surface area (Å²) in [5.74, 6) is 1.43. The summed E-state index contributed by atoms with van der Waals surface area (Å²) < 4.78 is 0. The minimum atomic E-state index is 0.194. The molecule has 0 aromatic carbocycles. The lowest BCUT2D eigenvalue weighted by atomic mass is 9.84. The lowest BCUT2D eigenvalue weighted by molar-refractivity contribution is -0.131. The fraction of sp³-hybridized carbons (Fsp3) is 0.929. The van der Waals surface area contributed by atoms with E-state index in [0.29, 0.717) is 24.1 Å². The van der Waals surface area contributed by atoms with E-state index in [4.69, 9.17) is 5.73 Å². The van der Waals surface area contributed by atoms with Crippen molar-refractivity contribution >= 4 is 17.7 Å². The molecule has 1 rings (SSSR count). The van der Waals surface area contributed by atoms with Crippen molar-refractivity contribution in [1.82, 2.24) is 4.90 Å². The molecule has 1 aliphatic rings. The second-order valence-electron chi connectivity index (χ2n) is 5.94. The molecule has 0 spiro atoms. The molecular weight excluding hydrogens is 244 g/mol. The summed E-state index contributed by atoms with van der Waals surface area (Å²) in [4.78, 5) is 14.3. The molecule has 0 aliphatic carbocycles. The third kappa shape index (κ3) is 5.19. The van der Waals surface area contributed by atoms with Gasteiger partial charge in [0.05, 0.1) is 0 Å². The van der Waals surface area contributed by atoms with Gasteiger partial charge in [0.15, 0.2) is 0 Å². The Morgan fingerprint density at radius 3 is 2.78 bits per heavy atom. The summed E-state index contributed by atoms with van der Waals surface area (Å²) in [5.41, 5.74) is 5.80. The van der Waals surface area contributed by atoms with E-state index in [9.17, 15) is 4.79 Å². The van der Waals surface area contributed by atoms with Crippen molar-refractivity contribution < 1.29 is 4.79 Å². The van der Waals surface area contributed by atoms with Crippen LogP contribution in [0.1, 0.15) is 46.5 Å². The molecule has 0 aromatic heterocycles. The van der Waals surface area contributed by atoms with Crippen LogP contribution in [-0.2, 0) is 4.79 Å². The highest BCUT2D eigenvalue weighted by Gasteiger charge is 2.25. The second kappa shape index (κ2) is 7.39. The van der Waals surface area contributed by atoms with E-state index in [0.717, 1.165) is 38.1 Å². The van der Waals surface area contributed by atoms with Gasteiger partial charge in [0.1, 0.15) is 0 Å². The molecule has 0 radical (unpaired) electrons. The van der Waals surface area contributed by atoms with Crippen LogP contribution in [0, 0.1) is 5.41 Å². The van der Waals surface area contributed by atoms with Gasteiger partial charge in [-0.15, -0.1) is 0 Å². The van der Waals surface area contributed by atoms with Crippen molar-refractivity contribution in [3.63, 3.8) is 0 Å². The predicted octanol–water partition coefficient (Wildman–Crippen LogP) is 2.50. The zero-order valence-electron chi connectivity index (χ0n) is 12.1. The Hall–Kier alpha value is -0.220. The van der Waals surface area contributed by atoms with Crippen LogP contribution in [-0.4, -0.2) is 41.4 Å². The number of nitrogens with two attached hydrogens (primary N) is 1. The van der Waals surface area contributed by atoms with Gasteiger partial charge in [-0.1, -0.05) is 20.8 Å². The SMILES string of the molecule is CCC1CN(C(=O)CCC(C)(C)CCN)CCS1. The first kappa shape index (κ1) is 15.8. The highest BCUT2D eigenvalue weighted by molar-refractivity contribution is 8.00. The fourth-order valence-corrected chi connectivity index (χ4v) is 3.49. The largest absolute Gasteiger partial charge is 0.341 e. The van der Waals surface area contributed by atoms with E-state index in [1.54, 1.807) is 0 Å². The first-order chi connectivity index (χ1) is 8.48. The quantitative estimate of drug-likeness (QED) is 0.808. The molecule has 1 saturated heterocycles. The summed E-state index contributed by atoms with van der Waals surface area (Å²) in [5, 5.41) is 0.639. The molecule has 1 fully saturated rings.